The lowest BCUT2D eigenvalue weighted by Gasteiger charge is -2.51. The van der Waals surface area contributed by atoms with Crippen LogP contribution < -0.4 is 21.3 Å². The standard InChI is InChI=1S/C51H86N4O35/c1-13-25(52-14(2)62)36(73)41(22(10-60)79-13)86-48-28(55-17(5)65)37(74)42(23(11-61)84-48)87-49-40(77)43(88-51-45(39(76)32(69)21(9-59)83-51)90-47-27(54-16(4)64)35(72)30(67)19(7-57)81-47)33(70)24(85-49)12-78-50-44(38(75)31(68)20(8-58)82-50)89-46-26(53-15(3)63)34(71)29(66)18(6-56)80-46/h13,18-51,56-61,66-77H,6-12H2,1-5H3,(H,52,62)(H,53,63)(H,54,64)(H,55,65)/t13?,18-,19?,20?,21-,22?,23?,24?,25?,26?,27?,28?,29-,30+,31+,32+,33+,34?,35-,36-,37-,38+,39?,40?,41+,42+,43+,44?,45?,46-,47+,48+,49+,50-,51+/m1/s1. The van der Waals surface area contributed by atoms with Gasteiger partial charge in [0.15, 0.2) is 37.7 Å². The van der Waals surface area contributed by atoms with Crippen LogP contribution in [0.3, 0.4) is 0 Å². The van der Waals surface area contributed by atoms with Gasteiger partial charge in [-0.15, -0.1) is 0 Å². The first kappa shape index (κ1) is 74.0. The number of aliphatic hydroxyl groups excluding tert-OH is 18. The number of carbonyl (C=O) groups is 4. The van der Waals surface area contributed by atoms with Gasteiger partial charge in [0, 0.05) is 27.7 Å². The molecule has 15 unspecified atom stereocenters. The van der Waals surface area contributed by atoms with Crippen molar-refractivity contribution >= 4 is 23.6 Å². The Morgan fingerprint density at radius 1 is 0.300 bits per heavy atom. The number of ether oxygens (including phenoxy) is 13. The molecule has 0 bridgehead atoms. The van der Waals surface area contributed by atoms with Crippen molar-refractivity contribution in [1.29, 1.82) is 0 Å². The molecule has 39 nitrogen and oxygen atoms in total. The van der Waals surface area contributed by atoms with Gasteiger partial charge in [0.25, 0.3) is 0 Å². The Kier molecular flexibility index (Phi) is 26.6. The fourth-order valence-electron chi connectivity index (χ4n) is 11.7. The third-order valence-corrected chi connectivity index (χ3v) is 16.4. The average molecular weight is 1320 g/mol. The minimum absolute atomic E-state index is 0.591. The van der Waals surface area contributed by atoms with Crippen molar-refractivity contribution in [2.45, 2.75) is 249 Å². The van der Waals surface area contributed by atoms with Gasteiger partial charge in [0.2, 0.25) is 23.6 Å². The van der Waals surface area contributed by atoms with Gasteiger partial charge in [-0.25, -0.2) is 0 Å². The predicted octanol–water partition coefficient (Wildman–Crippen LogP) is -14.6. The monoisotopic (exact) mass is 1310 g/mol. The van der Waals surface area contributed by atoms with Gasteiger partial charge in [-0.3, -0.25) is 19.2 Å². The molecule has 35 atom stereocenters. The molecule has 7 heterocycles. The summed E-state index contributed by atoms with van der Waals surface area (Å²) in [6.07, 6.45) is -59.7. The van der Waals surface area contributed by atoms with E-state index in [2.05, 4.69) is 21.3 Å². The number of carbonyl (C=O) groups excluding carboxylic acids is 4. The van der Waals surface area contributed by atoms with Crippen LogP contribution in [0.5, 0.6) is 0 Å². The van der Waals surface area contributed by atoms with Crippen LogP contribution in [0.1, 0.15) is 34.6 Å². The molecular weight excluding hydrogens is 1230 g/mol. The van der Waals surface area contributed by atoms with Crippen molar-refractivity contribution in [3.05, 3.63) is 0 Å². The molecule has 7 aliphatic heterocycles. The Hall–Kier alpha value is -3.36. The summed E-state index contributed by atoms with van der Waals surface area (Å²) in [4.78, 5) is 49.7. The highest BCUT2D eigenvalue weighted by Crippen LogP contribution is 2.38. The molecule has 0 saturated carbocycles. The van der Waals surface area contributed by atoms with E-state index in [1.165, 1.54) is 6.92 Å². The second-order valence-corrected chi connectivity index (χ2v) is 22.9. The van der Waals surface area contributed by atoms with Gasteiger partial charge in [0.05, 0.1) is 58.4 Å². The van der Waals surface area contributed by atoms with Gasteiger partial charge in [0.1, 0.15) is 165 Å². The molecule has 90 heavy (non-hydrogen) atoms. The summed E-state index contributed by atoms with van der Waals surface area (Å²) in [5.74, 6) is -3.06. The first-order chi connectivity index (χ1) is 42.5. The maximum absolute atomic E-state index is 12.8. The Bertz CT molecular complexity index is 2310. The summed E-state index contributed by atoms with van der Waals surface area (Å²) in [5, 5.41) is 209. The van der Waals surface area contributed by atoms with E-state index in [-0.39, 0.29) is 0 Å². The molecule has 4 amide bonds. The molecule has 0 radical (unpaired) electrons. The van der Waals surface area contributed by atoms with E-state index in [9.17, 15) is 111 Å². The third-order valence-electron chi connectivity index (χ3n) is 16.4. The molecule has 0 aliphatic carbocycles. The van der Waals surface area contributed by atoms with Crippen LogP contribution in [0.15, 0.2) is 0 Å². The zero-order valence-corrected chi connectivity index (χ0v) is 49.1. The molecule has 7 rings (SSSR count). The normalized spacial score (nSPS) is 47.6. The second kappa shape index (κ2) is 32.4. The summed E-state index contributed by atoms with van der Waals surface area (Å²) in [6.45, 7) is -1.24. The van der Waals surface area contributed by atoms with Gasteiger partial charge in [-0.05, 0) is 6.92 Å². The van der Waals surface area contributed by atoms with Crippen LogP contribution >= 0.6 is 0 Å². The zero-order chi connectivity index (χ0) is 66.5. The summed E-state index contributed by atoms with van der Waals surface area (Å²) in [6, 6.07) is -6.32. The fraction of sp³-hybridized carbons (Fsp3) is 0.922. The highest BCUT2D eigenvalue weighted by Gasteiger charge is 2.59. The fourth-order valence-corrected chi connectivity index (χ4v) is 11.7. The lowest BCUT2D eigenvalue weighted by Crippen LogP contribution is -2.70. The molecule has 7 aliphatic rings. The summed E-state index contributed by atoms with van der Waals surface area (Å²) in [5.41, 5.74) is 0. The van der Waals surface area contributed by atoms with Gasteiger partial charge in [-0.1, -0.05) is 0 Å². The number of amides is 4. The van der Waals surface area contributed by atoms with Crippen molar-refractivity contribution < 1.29 is 173 Å². The maximum atomic E-state index is 12.8. The van der Waals surface area contributed by atoms with Gasteiger partial charge in [-0.2, -0.15) is 0 Å². The number of nitrogens with one attached hydrogen (secondary N) is 4. The van der Waals surface area contributed by atoms with E-state index in [0.717, 1.165) is 27.7 Å². The first-order valence-electron chi connectivity index (χ1n) is 28.9. The van der Waals surface area contributed by atoms with Crippen LogP contribution in [0.2, 0.25) is 0 Å². The van der Waals surface area contributed by atoms with Crippen LogP contribution in [0, 0.1) is 0 Å². The van der Waals surface area contributed by atoms with Crippen LogP contribution in [0.4, 0.5) is 0 Å². The number of hydrogen-bond donors (Lipinski definition) is 22. The Balaban J connectivity index is 1.25. The molecule has 7 fully saturated rings. The third kappa shape index (κ3) is 16.5. The molecule has 0 aromatic rings. The topological polar surface area (TPSA) is 601 Å². The Morgan fingerprint density at radius 2 is 0.600 bits per heavy atom. The van der Waals surface area contributed by atoms with Crippen LogP contribution in [-0.4, -0.2) is 376 Å². The van der Waals surface area contributed by atoms with Crippen molar-refractivity contribution in [2.75, 3.05) is 46.2 Å². The number of hydrogen-bond acceptors (Lipinski definition) is 35. The largest absolute Gasteiger partial charge is 0.394 e. The highest BCUT2D eigenvalue weighted by atomic mass is 16.8. The van der Waals surface area contributed by atoms with E-state index in [1.807, 2.05) is 0 Å². The van der Waals surface area contributed by atoms with Crippen molar-refractivity contribution in [3.63, 3.8) is 0 Å². The summed E-state index contributed by atoms with van der Waals surface area (Å²) < 4.78 is 77.4. The Labute approximate surface area is 512 Å². The molecule has 22 N–H and O–H groups in total. The molecule has 7 saturated heterocycles. The molecule has 39 heteroatoms. The zero-order valence-electron chi connectivity index (χ0n) is 49.1. The van der Waals surface area contributed by atoms with E-state index >= 15 is 0 Å². The molecule has 0 aromatic carbocycles. The van der Waals surface area contributed by atoms with Gasteiger partial charge >= 0.3 is 0 Å². The summed E-state index contributed by atoms with van der Waals surface area (Å²) in [7, 11) is 0. The van der Waals surface area contributed by atoms with Crippen molar-refractivity contribution in [3.8, 4) is 0 Å². The minimum atomic E-state index is -2.42. The molecule has 0 aromatic heterocycles. The van der Waals surface area contributed by atoms with E-state index in [0.29, 0.717) is 0 Å². The average Bonchev–Trinajstić information content (AvgIpc) is 0.859. The first-order valence-corrected chi connectivity index (χ1v) is 28.9. The van der Waals surface area contributed by atoms with Crippen LogP contribution in [0.25, 0.3) is 0 Å². The highest BCUT2D eigenvalue weighted by molar-refractivity contribution is 5.74. The number of rotatable bonds is 23. The molecule has 520 valence electrons. The van der Waals surface area contributed by atoms with Gasteiger partial charge < -0.3 is 175 Å². The van der Waals surface area contributed by atoms with Crippen molar-refractivity contribution in [1.82, 2.24) is 21.3 Å². The van der Waals surface area contributed by atoms with E-state index in [4.69, 9.17) is 61.6 Å². The second-order valence-electron chi connectivity index (χ2n) is 22.9. The molecule has 0 spiro atoms. The minimum Gasteiger partial charge on any atom is -0.394 e. The maximum Gasteiger partial charge on any atom is 0.217 e. The predicted molar refractivity (Wildman–Crippen MR) is 282 cm³/mol. The Morgan fingerprint density at radius 3 is 1.02 bits per heavy atom. The lowest BCUT2D eigenvalue weighted by atomic mass is 9.92. The van der Waals surface area contributed by atoms with E-state index in [1.54, 1.807) is 0 Å². The van der Waals surface area contributed by atoms with Crippen molar-refractivity contribution in [2.24, 2.45) is 0 Å². The van der Waals surface area contributed by atoms with E-state index < -0.39 is 284 Å². The molecular formula is C51H86N4O35. The smallest absolute Gasteiger partial charge is 0.217 e. The SMILES string of the molecule is CC(=O)NC1C(O)[C@H](O)[C@@H](CO)O[C@@H]1OC1[C@H](OCC2O[C@@H](O[C@H]3C(CO)O[C@@H](O[C@H]4C(CO)OC(C)C(NC(C)=O)[C@H]4O)C(NC(C)=O)[C@H]3O)C(O)[C@@H](O[C@@H]3O[C@H](CO)[C@H](O)C(O)C3O[C@@H]3OC(CO)[C@H](O)[C@H](O)C3NC(C)=O)[C@H]2O)OC(CO)[C@H](O)[C@@H]1O. The van der Waals surface area contributed by atoms with Crippen LogP contribution in [-0.2, 0) is 80.8 Å². The lowest BCUT2D eigenvalue weighted by molar-refractivity contribution is -0.395. The number of aliphatic hydroxyl groups is 18. The summed E-state index contributed by atoms with van der Waals surface area (Å²) >= 11 is 0. The quantitative estimate of drug-likeness (QED) is 0.0452.